The highest BCUT2D eigenvalue weighted by molar-refractivity contribution is 5.79. The molecule has 4 heteroatoms. The Morgan fingerprint density at radius 2 is 2.05 bits per heavy atom. The van der Waals surface area contributed by atoms with Crippen molar-refractivity contribution in [2.75, 3.05) is 13.1 Å². The van der Waals surface area contributed by atoms with Crippen LogP contribution in [0.2, 0.25) is 0 Å². The van der Waals surface area contributed by atoms with E-state index in [0.717, 1.165) is 30.4 Å². The molecule has 1 aromatic heterocycles. The molecule has 1 aromatic rings. The van der Waals surface area contributed by atoms with Gasteiger partial charge in [-0.3, -0.25) is 4.98 Å². The van der Waals surface area contributed by atoms with Crippen molar-refractivity contribution in [1.82, 2.24) is 15.6 Å². The molecule has 0 aliphatic carbocycles. The number of nitrogens with one attached hydrogen (secondary N) is 2. The highest BCUT2D eigenvalue weighted by atomic mass is 15.2. The largest absolute Gasteiger partial charge is 0.357 e. The molecule has 2 N–H and O–H groups in total. The molecule has 0 spiro atoms. The van der Waals surface area contributed by atoms with Crippen LogP contribution in [-0.4, -0.2) is 24.0 Å². The summed E-state index contributed by atoms with van der Waals surface area (Å²) in [4.78, 5) is 9.01. The van der Waals surface area contributed by atoms with Gasteiger partial charge in [-0.2, -0.15) is 0 Å². The summed E-state index contributed by atoms with van der Waals surface area (Å²) in [5.74, 6) is 0.877. The average Bonchev–Trinajstić information content (AvgIpc) is 2.41. The molecule has 19 heavy (non-hydrogen) atoms. The van der Waals surface area contributed by atoms with E-state index in [0.29, 0.717) is 6.54 Å². The lowest BCUT2D eigenvalue weighted by molar-refractivity contribution is 0.683. The number of nitrogens with zero attached hydrogens (tertiary/aromatic N) is 2. The summed E-state index contributed by atoms with van der Waals surface area (Å²) in [6.07, 6.45) is 3.68. The van der Waals surface area contributed by atoms with Crippen LogP contribution < -0.4 is 10.6 Å². The first-order valence-electron chi connectivity index (χ1n) is 7.21. The van der Waals surface area contributed by atoms with E-state index in [1.807, 2.05) is 25.1 Å². The number of aromatic nitrogens is 1. The smallest absolute Gasteiger partial charge is 0.191 e. The quantitative estimate of drug-likeness (QED) is 0.451. The van der Waals surface area contributed by atoms with Crippen molar-refractivity contribution in [1.29, 1.82) is 0 Å². The summed E-state index contributed by atoms with van der Waals surface area (Å²) in [6.45, 7) is 8.75. The maximum Gasteiger partial charge on any atom is 0.191 e. The van der Waals surface area contributed by atoms with E-state index in [1.54, 1.807) is 0 Å². The van der Waals surface area contributed by atoms with E-state index in [1.165, 1.54) is 19.3 Å². The van der Waals surface area contributed by atoms with E-state index in [4.69, 9.17) is 0 Å². The third-order valence-electron chi connectivity index (χ3n) is 2.76. The normalized spacial score (nSPS) is 11.4. The van der Waals surface area contributed by atoms with E-state index in [9.17, 15) is 0 Å². The van der Waals surface area contributed by atoms with Gasteiger partial charge < -0.3 is 10.6 Å². The standard InChI is InChI=1S/C15H26N4/c1-4-6-7-11-17-15(16-5-2)18-12-14-10-8-9-13(3)19-14/h8-10H,4-7,11-12H2,1-3H3,(H2,16,17,18). The van der Waals surface area contributed by atoms with Crippen molar-refractivity contribution in [3.63, 3.8) is 0 Å². The van der Waals surface area contributed by atoms with E-state index < -0.39 is 0 Å². The van der Waals surface area contributed by atoms with Crippen LogP contribution in [0.4, 0.5) is 0 Å². The Morgan fingerprint density at radius 1 is 1.21 bits per heavy atom. The first-order chi connectivity index (χ1) is 9.26. The Morgan fingerprint density at radius 3 is 2.74 bits per heavy atom. The molecule has 0 aromatic carbocycles. The summed E-state index contributed by atoms with van der Waals surface area (Å²) in [5.41, 5.74) is 2.04. The van der Waals surface area contributed by atoms with Gasteiger partial charge in [-0.1, -0.05) is 25.8 Å². The van der Waals surface area contributed by atoms with Crippen LogP contribution in [0.25, 0.3) is 0 Å². The summed E-state index contributed by atoms with van der Waals surface area (Å²) >= 11 is 0. The van der Waals surface area contributed by atoms with Crippen LogP contribution in [0, 0.1) is 6.92 Å². The van der Waals surface area contributed by atoms with E-state index in [2.05, 4.69) is 34.5 Å². The first kappa shape index (κ1) is 15.5. The predicted octanol–water partition coefficient (Wildman–Crippen LogP) is 2.64. The molecule has 0 radical (unpaired) electrons. The van der Waals surface area contributed by atoms with Crippen molar-refractivity contribution >= 4 is 5.96 Å². The lowest BCUT2D eigenvalue weighted by atomic mass is 10.2. The SMILES string of the molecule is CCCCCNC(=NCc1cccc(C)n1)NCC. The van der Waals surface area contributed by atoms with Gasteiger partial charge in [0.25, 0.3) is 0 Å². The van der Waals surface area contributed by atoms with Crippen LogP contribution in [0.15, 0.2) is 23.2 Å². The van der Waals surface area contributed by atoms with Crippen molar-refractivity contribution in [3.05, 3.63) is 29.6 Å². The molecule has 1 rings (SSSR count). The average molecular weight is 262 g/mol. The Kier molecular flexibility index (Phi) is 7.63. The minimum atomic E-state index is 0.616. The molecule has 0 aliphatic heterocycles. The van der Waals surface area contributed by atoms with Crippen LogP contribution >= 0.6 is 0 Å². The number of aryl methyl sites for hydroxylation is 1. The molecule has 0 bridgehead atoms. The van der Waals surface area contributed by atoms with Crippen molar-refractivity contribution < 1.29 is 0 Å². The summed E-state index contributed by atoms with van der Waals surface area (Å²) in [6, 6.07) is 6.04. The second-order valence-electron chi connectivity index (χ2n) is 4.60. The van der Waals surface area contributed by atoms with E-state index >= 15 is 0 Å². The summed E-state index contributed by atoms with van der Waals surface area (Å²) < 4.78 is 0. The molecule has 1 heterocycles. The number of guanidine groups is 1. The van der Waals surface area contributed by atoms with Gasteiger partial charge in [-0.05, 0) is 32.4 Å². The fourth-order valence-corrected chi connectivity index (χ4v) is 1.77. The van der Waals surface area contributed by atoms with Crippen LogP contribution in [0.3, 0.4) is 0 Å². The van der Waals surface area contributed by atoms with Crippen LogP contribution in [0.5, 0.6) is 0 Å². The third kappa shape index (κ3) is 6.79. The minimum Gasteiger partial charge on any atom is -0.357 e. The van der Waals surface area contributed by atoms with Gasteiger partial charge in [0.15, 0.2) is 5.96 Å². The Labute approximate surface area is 116 Å². The van der Waals surface area contributed by atoms with Gasteiger partial charge in [0, 0.05) is 18.8 Å². The third-order valence-corrected chi connectivity index (χ3v) is 2.76. The van der Waals surface area contributed by atoms with Gasteiger partial charge in [0.1, 0.15) is 0 Å². The number of pyridine rings is 1. The Hall–Kier alpha value is -1.58. The fraction of sp³-hybridized carbons (Fsp3) is 0.600. The molecule has 0 amide bonds. The maximum atomic E-state index is 4.55. The van der Waals surface area contributed by atoms with Gasteiger partial charge >= 0.3 is 0 Å². The monoisotopic (exact) mass is 262 g/mol. The number of hydrogen-bond acceptors (Lipinski definition) is 2. The van der Waals surface area contributed by atoms with E-state index in [-0.39, 0.29) is 0 Å². The van der Waals surface area contributed by atoms with Gasteiger partial charge in [0.05, 0.1) is 12.2 Å². The molecule has 0 fully saturated rings. The number of aliphatic imine (C=N–C) groups is 1. The predicted molar refractivity (Wildman–Crippen MR) is 81.3 cm³/mol. The maximum absolute atomic E-state index is 4.55. The molecule has 106 valence electrons. The van der Waals surface area contributed by atoms with Crippen molar-refractivity contribution in [2.24, 2.45) is 4.99 Å². The van der Waals surface area contributed by atoms with Crippen LogP contribution in [-0.2, 0) is 6.54 Å². The van der Waals surface area contributed by atoms with Gasteiger partial charge in [0.2, 0.25) is 0 Å². The number of rotatable bonds is 7. The highest BCUT2D eigenvalue weighted by Crippen LogP contribution is 1.99. The second kappa shape index (κ2) is 9.36. The summed E-state index contributed by atoms with van der Waals surface area (Å²) in [7, 11) is 0. The zero-order valence-electron chi connectivity index (χ0n) is 12.4. The lowest BCUT2D eigenvalue weighted by Crippen LogP contribution is -2.37. The first-order valence-corrected chi connectivity index (χ1v) is 7.21. The highest BCUT2D eigenvalue weighted by Gasteiger charge is 1.98. The zero-order valence-corrected chi connectivity index (χ0v) is 12.4. The number of hydrogen-bond donors (Lipinski definition) is 2. The molecule has 0 unspecified atom stereocenters. The molecule has 0 atom stereocenters. The molecule has 0 aliphatic rings. The Bertz CT molecular complexity index is 387. The van der Waals surface area contributed by atoms with Crippen molar-refractivity contribution in [3.8, 4) is 0 Å². The van der Waals surface area contributed by atoms with Crippen LogP contribution in [0.1, 0.15) is 44.5 Å². The Balaban J connectivity index is 2.47. The number of unbranched alkanes of at least 4 members (excludes halogenated alkanes) is 2. The fourth-order valence-electron chi connectivity index (χ4n) is 1.77. The second-order valence-corrected chi connectivity index (χ2v) is 4.60. The molecule has 0 saturated heterocycles. The minimum absolute atomic E-state index is 0.616. The van der Waals surface area contributed by atoms with Crippen molar-refractivity contribution in [2.45, 2.75) is 46.6 Å². The topological polar surface area (TPSA) is 49.3 Å². The summed E-state index contributed by atoms with van der Waals surface area (Å²) in [5, 5.41) is 6.61. The van der Waals surface area contributed by atoms with Gasteiger partial charge in [-0.25, -0.2) is 4.99 Å². The molecular formula is C15H26N4. The molecular weight excluding hydrogens is 236 g/mol. The zero-order chi connectivity index (χ0) is 13.9. The molecule has 4 nitrogen and oxygen atoms in total. The van der Waals surface area contributed by atoms with Gasteiger partial charge in [-0.15, -0.1) is 0 Å². The molecule has 0 saturated carbocycles. The lowest BCUT2D eigenvalue weighted by Gasteiger charge is -2.10.